The highest BCUT2D eigenvalue weighted by Crippen LogP contribution is 2.30. The first-order valence-corrected chi connectivity index (χ1v) is 8.71. The number of benzene rings is 1. The van der Waals surface area contributed by atoms with E-state index >= 15 is 0 Å². The molecule has 7 heteroatoms. The van der Waals surface area contributed by atoms with E-state index < -0.39 is 12.7 Å². The molecule has 0 spiro atoms. The van der Waals surface area contributed by atoms with Gasteiger partial charge < -0.3 is 9.47 Å². The molecule has 3 nitrogen and oxygen atoms in total. The minimum atomic E-state index is -4.34. The quantitative estimate of drug-likeness (QED) is 0.695. The summed E-state index contributed by atoms with van der Waals surface area (Å²) in [5.41, 5.74) is 0.755. The Hall–Kier alpha value is -1.50. The van der Waals surface area contributed by atoms with Gasteiger partial charge in [0.25, 0.3) is 5.91 Å². The number of amides is 1. The summed E-state index contributed by atoms with van der Waals surface area (Å²) in [7, 11) is 0. The summed E-state index contributed by atoms with van der Waals surface area (Å²) in [4.78, 5) is 14.7. The van der Waals surface area contributed by atoms with Crippen LogP contribution in [0.15, 0.2) is 28.9 Å². The lowest BCUT2D eigenvalue weighted by Crippen LogP contribution is -2.42. The fourth-order valence-electron chi connectivity index (χ4n) is 3.31. The summed E-state index contributed by atoms with van der Waals surface area (Å²) in [6.45, 7) is 1.54. The van der Waals surface area contributed by atoms with Crippen molar-refractivity contribution < 1.29 is 18.0 Å². The van der Waals surface area contributed by atoms with Crippen LogP contribution in [0.3, 0.4) is 0 Å². The second kappa shape index (κ2) is 6.43. The molecular formula is C17H18BrF3N2O. The molecule has 1 aromatic heterocycles. The summed E-state index contributed by atoms with van der Waals surface area (Å²) < 4.78 is 40.4. The predicted molar refractivity (Wildman–Crippen MR) is 90.0 cm³/mol. The average Bonchev–Trinajstić information content (AvgIpc) is 2.83. The van der Waals surface area contributed by atoms with Gasteiger partial charge in [0.2, 0.25) is 0 Å². The van der Waals surface area contributed by atoms with E-state index in [1.165, 1.54) is 6.20 Å². The molecule has 0 saturated carbocycles. The number of aromatic nitrogens is 1. The molecule has 0 N–H and O–H groups in total. The number of fused-ring (bicyclic) bond motifs is 1. The Balaban J connectivity index is 2.06. The van der Waals surface area contributed by atoms with Crippen molar-refractivity contribution in [3.63, 3.8) is 0 Å². The number of carbonyl (C=O) groups excluding carboxylic acids is 1. The average molecular weight is 403 g/mol. The number of hydrogen-bond donors (Lipinski definition) is 0. The van der Waals surface area contributed by atoms with Crippen LogP contribution in [-0.4, -0.2) is 34.1 Å². The summed E-state index contributed by atoms with van der Waals surface area (Å²) in [6.07, 6.45) is -0.0592. The van der Waals surface area contributed by atoms with Gasteiger partial charge in [-0.15, -0.1) is 0 Å². The number of halogens is 4. The van der Waals surface area contributed by atoms with Crippen LogP contribution in [0.25, 0.3) is 10.9 Å². The Morgan fingerprint density at radius 1 is 1.33 bits per heavy atom. The number of piperidine rings is 1. The second-order valence-electron chi connectivity index (χ2n) is 6.29. The standard InChI is InChI=1S/C17H18BrF3N2O/c1-11-4-2-3-7-23(11)16(24)14-9-22(10-17(19,20)21)15-8-12(18)5-6-13(14)15/h5-6,8-9,11H,2-4,7,10H2,1H3. The molecule has 1 atom stereocenters. The van der Waals surface area contributed by atoms with Crippen LogP contribution >= 0.6 is 15.9 Å². The largest absolute Gasteiger partial charge is 0.406 e. The third-order valence-corrected chi connectivity index (χ3v) is 4.98. The fraction of sp³-hybridized carbons (Fsp3) is 0.471. The first kappa shape index (κ1) is 17.3. The smallest absolute Gasteiger partial charge is 0.337 e. The zero-order valence-corrected chi connectivity index (χ0v) is 14.8. The van der Waals surface area contributed by atoms with Crippen molar-refractivity contribution in [3.8, 4) is 0 Å². The van der Waals surface area contributed by atoms with Crippen LogP contribution < -0.4 is 0 Å². The summed E-state index contributed by atoms with van der Waals surface area (Å²) in [5.74, 6) is -0.185. The Kier molecular flexibility index (Phi) is 4.64. The van der Waals surface area contributed by atoms with Gasteiger partial charge in [0, 0.05) is 28.6 Å². The van der Waals surface area contributed by atoms with Crippen LogP contribution in [0.4, 0.5) is 13.2 Å². The van der Waals surface area contributed by atoms with Crippen molar-refractivity contribution in [2.24, 2.45) is 0 Å². The molecule has 1 amide bonds. The molecule has 130 valence electrons. The van der Waals surface area contributed by atoms with Crippen LogP contribution in [0.1, 0.15) is 36.5 Å². The van der Waals surface area contributed by atoms with Crippen molar-refractivity contribution in [3.05, 3.63) is 34.4 Å². The highest BCUT2D eigenvalue weighted by molar-refractivity contribution is 9.10. The Morgan fingerprint density at radius 3 is 2.75 bits per heavy atom. The van der Waals surface area contributed by atoms with Gasteiger partial charge in [0.15, 0.2) is 0 Å². The van der Waals surface area contributed by atoms with E-state index in [9.17, 15) is 18.0 Å². The molecule has 1 fully saturated rings. The summed E-state index contributed by atoms with van der Waals surface area (Å²) in [5, 5.41) is 0.560. The van der Waals surface area contributed by atoms with Gasteiger partial charge >= 0.3 is 6.18 Å². The van der Waals surface area contributed by atoms with Crippen LogP contribution in [0.2, 0.25) is 0 Å². The van der Waals surface area contributed by atoms with Gasteiger partial charge in [-0.3, -0.25) is 4.79 Å². The highest BCUT2D eigenvalue weighted by Gasteiger charge is 2.31. The monoisotopic (exact) mass is 402 g/mol. The number of carbonyl (C=O) groups is 1. The molecule has 24 heavy (non-hydrogen) atoms. The maximum absolute atomic E-state index is 12.9. The lowest BCUT2D eigenvalue weighted by molar-refractivity contribution is -0.139. The van der Waals surface area contributed by atoms with E-state index in [2.05, 4.69) is 15.9 Å². The summed E-state index contributed by atoms with van der Waals surface area (Å²) >= 11 is 3.29. The topological polar surface area (TPSA) is 25.2 Å². The number of nitrogens with zero attached hydrogens (tertiary/aromatic N) is 2. The second-order valence-corrected chi connectivity index (χ2v) is 7.21. The molecule has 1 saturated heterocycles. The summed E-state index contributed by atoms with van der Waals surface area (Å²) in [6, 6.07) is 5.19. The van der Waals surface area contributed by atoms with Gasteiger partial charge in [0.05, 0.1) is 11.1 Å². The molecule has 1 aliphatic rings. The van der Waals surface area contributed by atoms with E-state index in [-0.39, 0.29) is 11.9 Å². The molecule has 0 radical (unpaired) electrons. The van der Waals surface area contributed by atoms with Crippen LogP contribution in [0, 0.1) is 0 Å². The first-order chi connectivity index (χ1) is 11.3. The molecule has 2 heterocycles. The number of rotatable bonds is 2. The van der Waals surface area contributed by atoms with Crippen LogP contribution in [0.5, 0.6) is 0 Å². The van der Waals surface area contributed by atoms with Gasteiger partial charge in [-0.25, -0.2) is 0 Å². The molecule has 0 bridgehead atoms. The van der Waals surface area contributed by atoms with E-state index in [0.717, 1.165) is 23.8 Å². The molecular weight excluding hydrogens is 385 g/mol. The number of alkyl halides is 3. The van der Waals surface area contributed by atoms with E-state index in [0.29, 0.717) is 27.5 Å². The Bertz CT molecular complexity index is 769. The molecule has 3 rings (SSSR count). The predicted octanol–water partition coefficient (Wildman–Crippen LogP) is 4.98. The Labute approximate surface area is 146 Å². The minimum Gasteiger partial charge on any atom is -0.337 e. The third kappa shape index (κ3) is 3.45. The van der Waals surface area contributed by atoms with Gasteiger partial charge in [-0.05, 0) is 38.3 Å². The molecule has 1 aliphatic heterocycles. The number of hydrogen-bond acceptors (Lipinski definition) is 1. The van der Waals surface area contributed by atoms with E-state index in [4.69, 9.17) is 0 Å². The first-order valence-electron chi connectivity index (χ1n) is 7.92. The van der Waals surface area contributed by atoms with Gasteiger partial charge in [-0.2, -0.15) is 13.2 Å². The lowest BCUT2D eigenvalue weighted by atomic mass is 10.0. The molecule has 2 aromatic rings. The third-order valence-electron chi connectivity index (χ3n) is 4.49. The van der Waals surface area contributed by atoms with E-state index in [1.54, 1.807) is 23.1 Å². The zero-order valence-electron chi connectivity index (χ0n) is 13.2. The van der Waals surface area contributed by atoms with Crippen LogP contribution in [-0.2, 0) is 6.54 Å². The van der Waals surface area contributed by atoms with Gasteiger partial charge in [-0.1, -0.05) is 22.0 Å². The fourth-order valence-corrected chi connectivity index (χ4v) is 3.66. The van der Waals surface area contributed by atoms with Crippen molar-refractivity contribution in [1.29, 1.82) is 0 Å². The molecule has 1 unspecified atom stereocenters. The van der Waals surface area contributed by atoms with Crippen molar-refractivity contribution in [2.45, 2.75) is 44.9 Å². The highest BCUT2D eigenvalue weighted by atomic mass is 79.9. The molecule has 1 aromatic carbocycles. The van der Waals surface area contributed by atoms with E-state index in [1.807, 2.05) is 6.92 Å². The normalized spacial score (nSPS) is 19.0. The van der Waals surface area contributed by atoms with Crippen molar-refractivity contribution in [2.75, 3.05) is 6.54 Å². The Morgan fingerprint density at radius 2 is 2.08 bits per heavy atom. The molecule has 0 aliphatic carbocycles. The lowest BCUT2D eigenvalue weighted by Gasteiger charge is -2.33. The van der Waals surface area contributed by atoms with Gasteiger partial charge in [0.1, 0.15) is 6.54 Å². The SMILES string of the molecule is CC1CCCCN1C(=O)c1cn(CC(F)(F)F)c2cc(Br)ccc12. The zero-order chi connectivity index (χ0) is 17.5. The number of likely N-dealkylation sites (tertiary alicyclic amines) is 1. The maximum Gasteiger partial charge on any atom is 0.406 e. The maximum atomic E-state index is 12.9. The van der Waals surface area contributed by atoms with Crippen molar-refractivity contribution >= 4 is 32.7 Å². The minimum absolute atomic E-state index is 0.114. The van der Waals surface area contributed by atoms with Crippen molar-refractivity contribution in [1.82, 2.24) is 9.47 Å².